The van der Waals surface area contributed by atoms with Crippen LogP contribution in [0.4, 0.5) is 0 Å². The Kier molecular flexibility index (Phi) is 6.75. The van der Waals surface area contributed by atoms with Gasteiger partial charge in [-0.05, 0) is 12.2 Å². The summed E-state index contributed by atoms with van der Waals surface area (Å²) in [4.78, 5) is 3.68. The molecule has 98 valence electrons. The van der Waals surface area contributed by atoms with Gasteiger partial charge in [0.15, 0.2) is 8.68 Å². The molecule has 9 heteroatoms. The van der Waals surface area contributed by atoms with E-state index in [0.717, 1.165) is 23.5 Å². The quantitative estimate of drug-likeness (QED) is 0.704. The second-order valence-electron chi connectivity index (χ2n) is 3.02. The number of thioether (sulfide) groups is 1. The van der Waals surface area contributed by atoms with Crippen molar-refractivity contribution in [2.75, 3.05) is 24.7 Å². The number of hydrogen-bond donors (Lipinski definition) is 2. The molecule has 0 aliphatic heterocycles. The minimum absolute atomic E-state index is 0.128. The SMILES string of the molecule is O=S(=O)(NCCSCCCO)c1cnc(Cl)s1. The zero-order valence-corrected chi connectivity index (χ0v) is 12.1. The van der Waals surface area contributed by atoms with Gasteiger partial charge in [-0.1, -0.05) is 22.9 Å². The Balaban J connectivity index is 2.31. The largest absolute Gasteiger partial charge is 0.396 e. The van der Waals surface area contributed by atoms with Gasteiger partial charge >= 0.3 is 0 Å². The van der Waals surface area contributed by atoms with Crippen LogP contribution in [0.3, 0.4) is 0 Å². The second-order valence-corrected chi connectivity index (χ2v) is 7.85. The minimum Gasteiger partial charge on any atom is -0.396 e. The highest BCUT2D eigenvalue weighted by molar-refractivity contribution is 7.99. The maximum Gasteiger partial charge on any atom is 0.251 e. The van der Waals surface area contributed by atoms with Crippen LogP contribution in [0.2, 0.25) is 4.47 Å². The number of rotatable bonds is 8. The topological polar surface area (TPSA) is 79.3 Å². The predicted molar refractivity (Wildman–Crippen MR) is 71.3 cm³/mol. The molecule has 2 N–H and O–H groups in total. The molecule has 0 radical (unpaired) electrons. The Bertz CT molecular complexity index is 435. The van der Waals surface area contributed by atoms with E-state index in [1.54, 1.807) is 11.8 Å². The monoisotopic (exact) mass is 316 g/mol. The van der Waals surface area contributed by atoms with Crippen LogP contribution < -0.4 is 4.72 Å². The number of thiazole rings is 1. The van der Waals surface area contributed by atoms with E-state index in [4.69, 9.17) is 16.7 Å². The summed E-state index contributed by atoms with van der Waals surface area (Å²) in [6, 6.07) is 0. The third-order valence-electron chi connectivity index (χ3n) is 1.71. The Morgan fingerprint density at radius 2 is 2.29 bits per heavy atom. The Morgan fingerprint density at radius 1 is 1.53 bits per heavy atom. The van der Waals surface area contributed by atoms with Crippen LogP contribution in [-0.2, 0) is 10.0 Å². The Hall–Kier alpha value is 0.140. The van der Waals surface area contributed by atoms with Gasteiger partial charge < -0.3 is 5.11 Å². The predicted octanol–water partition coefficient (Wildman–Crippen LogP) is 1.19. The van der Waals surface area contributed by atoms with Gasteiger partial charge in [0.25, 0.3) is 10.0 Å². The summed E-state index contributed by atoms with van der Waals surface area (Å²) in [7, 11) is -3.47. The first kappa shape index (κ1) is 15.2. The Labute approximate surface area is 114 Å². The molecule has 0 bridgehead atoms. The van der Waals surface area contributed by atoms with Crippen LogP contribution in [-0.4, -0.2) is 43.2 Å². The number of hydrogen-bond acceptors (Lipinski definition) is 6. The molecule has 0 aromatic carbocycles. The number of sulfonamides is 1. The molecular formula is C8H13ClN2O3S3. The fourth-order valence-electron chi connectivity index (χ4n) is 0.951. The third-order valence-corrected chi connectivity index (χ3v) is 5.81. The molecule has 0 aliphatic rings. The van der Waals surface area contributed by atoms with Crippen molar-refractivity contribution in [1.82, 2.24) is 9.71 Å². The zero-order chi connectivity index (χ0) is 12.7. The lowest BCUT2D eigenvalue weighted by molar-refractivity contribution is 0.296. The van der Waals surface area contributed by atoms with E-state index in [1.165, 1.54) is 6.20 Å². The van der Waals surface area contributed by atoms with Gasteiger partial charge in [0.05, 0.1) is 6.20 Å². The lowest BCUT2D eigenvalue weighted by Gasteiger charge is -2.03. The lowest BCUT2D eigenvalue weighted by atomic mass is 10.5. The summed E-state index contributed by atoms with van der Waals surface area (Å²) in [5.74, 6) is 1.50. The normalized spacial score (nSPS) is 11.9. The van der Waals surface area contributed by atoms with E-state index in [0.29, 0.717) is 12.3 Å². The van der Waals surface area contributed by atoms with E-state index in [2.05, 4.69) is 9.71 Å². The van der Waals surface area contributed by atoms with E-state index in [-0.39, 0.29) is 15.3 Å². The summed E-state index contributed by atoms with van der Waals surface area (Å²) in [6.07, 6.45) is 1.97. The summed E-state index contributed by atoms with van der Waals surface area (Å²) in [5, 5.41) is 8.56. The van der Waals surface area contributed by atoms with E-state index in [1.807, 2.05) is 0 Å². The highest BCUT2D eigenvalue weighted by Crippen LogP contribution is 2.21. The fourth-order valence-corrected chi connectivity index (χ4v) is 4.23. The van der Waals surface area contributed by atoms with Gasteiger partial charge in [-0.3, -0.25) is 0 Å². The molecule has 0 unspecified atom stereocenters. The molecule has 17 heavy (non-hydrogen) atoms. The van der Waals surface area contributed by atoms with E-state index < -0.39 is 10.0 Å². The fraction of sp³-hybridized carbons (Fsp3) is 0.625. The Morgan fingerprint density at radius 3 is 2.88 bits per heavy atom. The molecule has 1 heterocycles. The van der Waals surface area contributed by atoms with Gasteiger partial charge in [0.2, 0.25) is 0 Å². The van der Waals surface area contributed by atoms with Crippen LogP contribution in [0, 0.1) is 0 Å². The van der Waals surface area contributed by atoms with Crippen molar-refractivity contribution in [1.29, 1.82) is 0 Å². The molecule has 0 atom stereocenters. The maximum atomic E-state index is 11.7. The highest BCUT2D eigenvalue weighted by Gasteiger charge is 2.16. The van der Waals surface area contributed by atoms with Crippen LogP contribution in [0.5, 0.6) is 0 Å². The lowest BCUT2D eigenvalue weighted by Crippen LogP contribution is -2.25. The minimum atomic E-state index is -3.47. The first-order valence-electron chi connectivity index (χ1n) is 4.86. The van der Waals surface area contributed by atoms with Crippen molar-refractivity contribution in [3.8, 4) is 0 Å². The first-order valence-corrected chi connectivity index (χ1v) is 8.69. The second kappa shape index (κ2) is 7.55. The van der Waals surface area contributed by atoms with Gasteiger partial charge in [-0.15, -0.1) is 0 Å². The van der Waals surface area contributed by atoms with Gasteiger partial charge in [0, 0.05) is 18.9 Å². The first-order chi connectivity index (χ1) is 8.06. The van der Waals surface area contributed by atoms with Gasteiger partial charge in [-0.25, -0.2) is 18.1 Å². The van der Waals surface area contributed by atoms with Crippen LogP contribution in [0.25, 0.3) is 0 Å². The number of nitrogens with one attached hydrogen (secondary N) is 1. The van der Waals surface area contributed by atoms with Crippen molar-refractivity contribution >= 4 is 44.7 Å². The van der Waals surface area contributed by atoms with Crippen LogP contribution in [0.1, 0.15) is 6.42 Å². The number of aliphatic hydroxyl groups excluding tert-OH is 1. The summed E-state index contributed by atoms with van der Waals surface area (Å²) in [5.41, 5.74) is 0. The molecule has 0 fully saturated rings. The summed E-state index contributed by atoms with van der Waals surface area (Å²) in [6.45, 7) is 0.520. The average Bonchev–Trinajstić information content (AvgIpc) is 2.71. The number of halogens is 1. The highest BCUT2D eigenvalue weighted by atomic mass is 35.5. The number of nitrogens with zero attached hydrogens (tertiary/aromatic N) is 1. The molecule has 0 aliphatic carbocycles. The molecule has 0 saturated heterocycles. The van der Waals surface area contributed by atoms with Crippen LogP contribution in [0.15, 0.2) is 10.4 Å². The number of aliphatic hydroxyl groups is 1. The van der Waals surface area contributed by atoms with E-state index >= 15 is 0 Å². The molecule has 0 saturated carbocycles. The number of aromatic nitrogens is 1. The van der Waals surface area contributed by atoms with Crippen molar-refractivity contribution < 1.29 is 13.5 Å². The molecule has 1 aromatic heterocycles. The van der Waals surface area contributed by atoms with Crippen molar-refractivity contribution in [2.45, 2.75) is 10.6 Å². The molecule has 1 aromatic rings. The maximum absolute atomic E-state index is 11.7. The molecule has 0 spiro atoms. The van der Waals surface area contributed by atoms with Crippen molar-refractivity contribution in [3.05, 3.63) is 10.7 Å². The summed E-state index contributed by atoms with van der Waals surface area (Å²) < 4.78 is 26.2. The van der Waals surface area contributed by atoms with Gasteiger partial charge in [-0.2, -0.15) is 11.8 Å². The molecule has 1 rings (SSSR count). The van der Waals surface area contributed by atoms with Crippen molar-refractivity contribution in [3.63, 3.8) is 0 Å². The smallest absolute Gasteiger partial charge is 0.251 e. The molecule has 5 nitrogen and oxygen atoms in total. The third kappa shape index (κ3) is 5.54. The zero-order valence-electron chi connectivity index (χ0n) is 8.93. The van der Waals surface area contributed by atoms with Gasteiger partial charge in [0.1, 0.15) is 0 Å². The average molecular weight is 317 g/mol. The summed E-state index contributed by atoms with van der Waals surface area (Å²) >= 11 is 8.10. The molecule has 0 amide bonds. The van der Waals surface area contributed by atoms with E-state index in [9.17, 15) is 8.42 Å². The standard InChI is InChI=1S/C8H13ClN2O3S3/c9-8-10-6-7(16-8)17(13,14)11-2-5-15-4-1-3-12/h6,11-12H,1-5H2. The molecular weight excluding hydrogens is 304 g/mol. The van der Waals surface area contributed by atoms with Crippen LogP contribution >= 0.6 is 34.7 Å². The van der Waals surface area contributed by atoms with Crippen molar-refractivity contribution in [2.24, 2.45) is 0 Å².